The third kappa shape index (κ3) is 2.81. The van der Waals surface area contributed by atoms with Crippen LogP contribution in [0.25, 0.3) is 0 Å². The Balaban J connectivity index is 1.83. The number of rotatable bonds is 1. The molecule has 1 heterocycles. The fourth-order valence-electron chi connectivity index (χ4n) is 2.35. The van der Waals surface area contributed by atoms with E-state index in [4.69, 9.17) is 16.3 Å². The van der Waals surface area contributed by atoms with Crippen molar-refractivity contribution in [2.45, 2.75) is 6.92 Å². The van der Waals surface area contributed by atoms with Gasteiger partial charge in [0.2, 0.25) is 0 Å². The molecule has 2 aromatic carbocycles. The number of hydrogen-bond acceptors (Lipinski definition) is 3. The molecule has 21 heavy (non-hydrogen) atoms. The summed E-state index contributed by atoms with van der Waals surface area (Å²) >= 11 is 5.91. The van der Waals surface area contributed by atoms with Crippen LogP contribution >= 0.6 is 11.6 Å². The Bertz CT molecular complexity index is 688. The van der Waals surface area contributed by atoms with Crippen molar-refractivity contribution in [3.63, 3.8) is 0 Å². The molecule has 1 aliphatic rings. The summed E-state index contributed by atoms with van der Waals surface area (Å²) in [5.41, 5.74) is 2.60. The van der Waals surface area contributed by atoms with Gasteiger partial charge < -0.3 is 10.1 Å². The topological polar surface area (TPSA) is 41.6 Å². The highest BCUT2D eigenvalue weighted by Gasteiger charge is 2.24. The summed E-state index contributed by atoms with van der Waals surface area (Å²) in [7, 11) is 0. The summed E-state index contributed by atoms with van der Waals surface area (Å²) < 4.78 is 5.50. The molecule has 0 aromatic heterocycles. The molecule has 1 N–H and O–H groups in total. The van der Waals surface area contributed by atoms with Crippen molar-refractivity contribution in [1.82, 2.24) is 0 Å². The van der Waals surface area contributed by atoms with Crippen molar-refractivity contribution < 1.29 is 9.53 Å². The van der Waals surface area contributed by atoms with Gasteiger partial charge in [-0.25, -0.2) is 4.79 Å². The Kier molecular flexibility index (Phi) is 3.71. The van der Waals surface area contributed by atoms with Crippen molar-refractivity contribution in [2.24, 2.45) is 0 Å². The Morgan fingerprint density at radius 1 is 1.29 bits per heavy atom. The molecule has 0 radical (unpaired) electrons. The number of anilines is 2. The van der Waals surface area contributed by atoms with Crippen LogP contribution in [-0.2, 0) is 0 Å². The second-order valence-electron chi connectivity index (χ2n) is 4.87. The average molecular weight is 303 g/mol. The number of aryl methyl sites for hydroxylation is 1. The van der Waals surface area contributed by atoms with Gasteiger partial charge in [0.05, 0.1) is 11.4 Å². The Morgan fingerprint density at radius 3 is 2.90 bits per heavy atom. The zero-order valence-corrected chi connectivity index (χ0v) is 12.4. The minimum atomic E-state index is -0.380. The zero-order chi connectivity index (χ0) is 14.8. The fraction of sp³-hybridized carbons (Fsp3) is 0.188. The van der Waals surface area contributed by atoms with Gasteiger partial charge in [-0.05, 0) is 42.8 Å². The first-order valence-corrected chi connectivity index (χ1v) is 7.11. The largest absolute Gasteiger partial charge is 0.419 e. The van der Waals surface area contributed by atoms with Crippen molar-refractivity contribution in [2.75, 3.05) is 23.3 Å². The summed E-state index contributed by atoms with van der Waals surface area (Å²) in [4.78, 5) is 14.0. The molecule has 1 aliphatic heterocycles. The number of nitrogens with one attached hydrogen (secondary N) is 1. The average Bonchev–Trinajstić information content (AvgIpc) is 2.49. The van der Waals surface area contributed by atoms with Crippen LogP contribution in [0.2, 0.25) is 5.02 Å². The first-order valence-electron chi connectivity index (χ1n) is 6.73. The second-order valence-corrected chi connectivity index (χ2v) is 5.31. The van der Waals surface area contributed by atoms with E-state index in [1.807, 2.05) is 31.2 Å². The number of fused-ring (bicyclic) bond motifs is 1. The number of carbonyl (C=O) groups is 1. The van der Waals surface area contributed by atoms with E-state index in [-0.39, 0.29) is 6.09 Å². The lowest BCUT2D eigenvalue weighted by Gasteiger charge is -2.29. The number of hydrogen-bond donors (Lipinski definition) is 1. The Labute approximate surface area is 128 Å². The summed E-state index contributed by atoms with van der Waals surface area (Å²) in [5.74, 6) is 0.528. The first-order chi connectivity index (χ1) is 10.1. The van der Waals surface area contributed by atoms with Gasteiger partial charge in [0.1, 0.15) is 5.75 Å². The van der Waals surface area contributed by atoms with E-state index in [1.54, 1.807) is 23.1 Å². The van der Waals surface area contributed by atoms with Gasteiger partial charge in [-0.1, -0.05) is 23.7 Å². The minimum absolute atomic E-state index is 0.380. The van der Waals surface area contributed by atoms with E-state index in [9.17, 15) is 4.79 Å². The highest BCUT2D eigenvalue weighted by Crippen LogP contribution is 2.30. The van der Waals surface area contributed by atoms with Crippen LogP contribution in [0, 0.1) is 6.92 Å². The predicted molar refractivity (Wildman–Crippen MR) is 84.5 cm³/mol. The molecule has 3 rings (SSSR count). The third-order valence-corrected chi connectivity index (χ3v) is 3.64. The number of amides is 1. The standard InChI is InChI=1S/C16H15ClN2O2/c1-11-10-12(17)6-7-15(11)21-16(20)19-9-8-18-13-4-2-3-5-14(13)19/h2-7,10,18H,8-9H2,1H3. The van der Waals surface area contributed by atoms with Crippen molar-refractivity contribution in [3.8, 4) is 5.75 Å². The maximum Gasteiger partial charge on any atom is 0.419 e. The highest BCUT2D eigenvalue weighted by molar-refractivity contribution is 6.30. The lowest BCUT2D eigenvalue weighted by Crippen LogP contribution is -2.40. The first kappa shape index (κ1) is 13.8. The maximum absolute atomic E-state index is 12.4. The van der Waals surface area contributed by atoms with Gasteiger partial charge in [-0.15, -0.1) is 0 Å². The van der Waals surface area contributed by atoms with Crippen molar-refractivity contribution >= 4 is 29.1 Å². The molecular formula is C16H15ClN2O2. The van der Waals surface area contributed by atoms with E-state index in [2.05, 4.69) is 5.32 Å². The number of nitrogens with zero attached hydrogens (tertiary/aromatic N) is 1. The molecule has 0 saturated heterocycles. The molecule has 0 saturated carbocycles. The van der Waals surface area contributed by atoms with Crippen LogP contribution in [-0.4, -0.2) is 19.2 Å². The summed E-state index contributed by atoms with van der Waals surface area (Å²) in [6, 6.07) is 12.9. The maximum atomic E-state index is 12.4. The highest BCUT2D eigenvalue weighted by atomic mass is 35.5. The molecule has 0 bridgehead atoms. The van der Waals surface area contributed by atoms with E-state index in [0.717, 1.165) is 16.9 Å². The van der Waals surface area contributed by atoms with Crippen LogP contribution in [0.1, 0.15) is 5.56 Å². The third-order valence-electron chi connectivity index (χ3n) is 3.40. The van der Waals surface area contributed by atoms with Gasteiger partial charge in [-0.2, -0.15) is 0 Å². The zero-order valence-electron chi connectivity index (χ0n) is 11.6. The molecule has 5 heteroatoms. The number of para-hydroxylation sites is 2. The molecule has 1 amide bonds. The molecule has 0 unspecified atom stereocenters. The van der Waals surface area contributed by atoms with Crippen LogP contribution in [0.4, 0.5) is 16.2 Å². The van der Waals surface area contributed by atoms with Crippen LogP contribution in [0.5, 0.6) is 5.75 Å². The van der Waals surface area contributed by atoms with Gasteiger partial charge in [0, 0.05) is 18.1 Å². The summed E-state index contributed by atoms with van der Waals surface area (Å²) in [6.45, 7) is 3.13. The molecular weight excluding hydrogens is 288 g/mol. The van der Waals surface area contributed by atoms with Gasteiger partial charge in [0.25, 0.3) is 0 Å². The van der Waals surface area contributed by atoms with E-state index in [1.165, 1.54) is 0 Å². The van der Waals surface area contributed by atoms with Gasteiger partial charge in [-0.3, -0.25) is 4.90 Å². The van der Waals surface area contributed by atoms with E-state index >= 15 is 0 Å². The molecule has 0 aliphatic carbocycles. The normalized spacial score (nSPS) is 13.3. The quantitative estimate of drug-likeness (QED) is 0.863. The molecule has 108 valence electrons. The Hall–Kier alpha value is -2.20. The molecule has 0 spiro atoms. The molecule has 4 nitrogen and oxygen atoms in total. The SMILES string of the molecule is Cc1cc(Cl)ccc1OC(=O)N1CCNc2ccccc21. The monoisotopic (exact) mass is 302 g/mol. The lowest BCUT2D eigenvalue weighted by molar-refractivity contribution is 0.207. The van der Waals surface area contributed by atoms with Crippen molar-refractivity contribution in [1.29, 1.82) is 0 Å². The Morgan fingerprint density at radius 2 is 2.10 bits per heavy atom. The number of carbonyl (C=O) groups excluding carboxylic acids is 1. The van der Waals surface area contributed by atoms with Crippen LogP contribution in [0.15, 0.2) is 42.5 Å². The minimum Gasteiger partial charge on any atom is -0.410 e. The summed E-state index contributed by atoms with van der Waals surface area (Å²) in [6.07, 6.45) is -0.380. The van der Waals surface area contributed by atoms with Crippen LogP contribution < -0.4 is 15.0 Å². The van der Waals surface area contributed by atoms with Gasteiger partial charge >= 0.3 is 6.09 Å². The molecule has 0 fully saturated rings. The fourth-order valence-corrected chi connectivity index (χ4v) is 2.57. The number of halogens is 1. The second kappa shape index (κ2) is 5.66. The van der Waals surface area contributed by atoms with Crippen molar-refractivity contribution in [3.05, 3.63) is 53.1 Å². The molecule has 0 atom stereocenters. The van der Waals surface area contributed by atoms with E-state index < -0.39 is 0 Å². The smallest absolute Gasteiger partial charge is 0.410 e. The summed E-state index contributed by atoms with van der Waals surface area (Å²) in [5, 5.41) is 3.89. The van der Waals surface area contributed by atoms with Crippen LogP contribution in [0.3, 0.4) is 0 Å². The predicted octanol–water partition coefficient (Wildman–Crippen LogP) is 4.08. The lowest BCUT2D eigenvalue weighted by atomic mass is 10.2. The number of ether oxygens (including phenoxy) is 1. The van der Waals surface area contributed by atoms with Gasteiger partial charge in [0.15, 0.2) is 0 Å². The molecule has 2 aromatic rings. The van der Waals surface area contributed by atoms with E-state index in [0.29, 0.717) is 23.9 Å². The number of benzene rings is 2.